The van der Waals surface area contributed by atoms with E-state index in [1.54, 1.807) is 12.1 Å². The quantitative estimate of drug-likeness (QED) is 0.597. The molecule has 0 unspecified atom stereocenters. The molecule has 0 spiro atoms. The number of nitrogens with one attached hydrogen (secondary N) is 1. The predicted octanol–water partition coefficient (Wildman–Crippen LogP) is 4.42. The fraction of sp³-hybridized carbons (Fsp3) is 0.348. The molecule has 0 bridgehead atoms. The molecule has 6 nitrogen and oxygen atoms in total. The highest BCUT2D eigenvalue weighted by atomic mass is 32.1. The summed E-state index contributed by atoms with van der Waals surface area (Å²) in [4.78, 5) is 14.8. The molecular weight excluding hydrogens is 396 g/mol. The lowest BCUT2D eigenvalue weighted by Gasteiger charge is -2.32. The van der Waals surface area contributed by atoms with Gasteiger partial charge in [0.05, 0.1) is 0 Å². The lowest BCUT2D eigenvalue weighted by molar-refractivity contribution is -0.132. The first-order valence-electron chi connectivity index (χ1n) is 10.3. The maximum absolute atomic E-state index is 12.8. The Morgan fingerprint density at radius 3 is 2.63 bits per heavy atom. The highest BCUT2D eigenvalue weighted by molar-refractivity contribution is 7.71. The Balaban J connectivity index is 1.36. The van der Waals surface area contributed by atoms with Gasteiger partial charge in [-0.3, -0.25) is 14.5 Å². The van der Waals surface area contributed by atoms with Gasteiger partial charge in [0.2, 0.25) is 5.91 Å². The van der Waals surface area contributed by atoms with E-state index in [4.69, 9.17) is 12.2 Å². The minimum Gasteiger partial charge on any atom is -0.508 e. The molecule has 7 heteroatoms. The number of hydrogen-bond acceptors (Lipinski definition) is 4. The lowest BCUT2D eigenvalue weighted by atomic mass is 9.89. The predicted molar refractivity (Wildman–Crippen MR) is 119 cm³/mol. The number of piperidine rings is 1. The van der Waals surface area contributed by atoms with Gasteiger partial charge in [0.15, 0.2) is 10.6 Å². The van der Waals surface area contributed by atoms with Gasteiger partial charge in [0, 0.05) is 31.6 Å². The molecule has 1 aromatic heterocycles. The highest BCUT2D eigenvalue weighted by Gasteiger charge is 2.24. The number of nitrogens with zero attached hydrogens (tertiary/aromatic N) is 3. The maximum Gasteiger partial charge on any atom is 0.224 e. The molecule has 0 atom stereocenters. The molecule has 2 aromatic carbocycles. The summed E-state index contributed by atoms with van der Waals surface area (Å²) in [5.41, 5.74) is 3.37. The number of phenols is 1. The van der Waals surface area contributed by atoms with Crippen molar-refractivity contribution in [3.63, 3.8) is 0 Å². The van der Waals surface area contributed by atoms with Gasteiger partial charge in [0.25, 0.3) is 0 Å². The van der Waals surface area contributed by atoms with Gasteiger partial charge in [-0.05, 0) is 61.7 Å². The Hall–Kier alpha value is -2.93. The molecule has 30 heavy (non-hydrogen) atoms. The van der Waals surface area contributed by atoms with Gasteiger partial charge >= 0.3 is 0 Å². The highest BCUT2D eigenvalue weighted by Crippen LogP contribution is 2.29. The second-order valence-electron chi connectivity index (χ2n) is 7.87. The molecule has 0 radical (unpaired) electrons. The van der Waals surface area contributed by atoms with Gasteiger partial charge in [0.1, 0.15) is 5.75 Å². The topological polar surface area (TPSA) is 74.2 Å². The number of carbonyl (C=O) groups is 1. The van der Waals surface area contributed by atoms with Crippen molar-refractivity contribution in [2.75, 3.05) is 13.1 Å². The number of rotatable bonds is 5. The molecule has 156 valence electrons. The smallest absolute Gasteiger partial charge is 0.224 e. The fourth-order valence-electron chi connectivity index (χ4n) is 4.10. The third kappa shape index (κ3) is 4.46. The molecule has 1 amide bonds. The van der Waals surface area contributed by atoms with E-state index in [1.807, 2.05) is 46.7 Å². The number of aromatic amines is 1. The van der Waals surface area contributed by atoms with Crippen LogP contribution in [0.4, 0.5) is 0 Å². The van der Waals surface area contributed by atoms with Crippen LogP contribution in [0.5, 0.6) is 5.75 Å². The largest absolute Gasteiger partial charge is 0.508 e. The number of H-pyrrole nitrogens is 1. The number of carbonyl (C=O) groups excluding carboxylic acids is 1. The third-order valence-corrected chi connectivity index (χ3v) is 6.11. The Morgan fingerprint density at radius 2 is 1.93 bits per heavy atom. The lowest BCUT2D eigenvalue weighted by Crippen LogP contribution is -2.38. The molecule has 2 N–H and O–H groups in total. The SMILES string of the molecule is Cc1cccc(-c2n[nH]c(=S)n2CCC(=O)N2CCC(c3ccc(O)cc3)CC2)c1. The Morgan fingerprint density at radius 1 is 1.20 bits per heavy atom. The zero-order valence-electron chi connectivity index (χ0n) is 17.0. The molecule has 1 fully saturated rings. The van der Waals surface area contributed by atoms with Crippen LogP contribution in [0.25, 0.3) is 11.4 Å². The van der Waals surface area contributed by atoms with E-state index in [0.717, 1.165) is 42.9 Å². The van der Waals surface area contributed by atoms with Gasteiger partial charge in [-0.15, -0.1) is 0 Å². The minimum atomic E-state index is 0.150. The van der Waals surface area contributed by atoms with E-state index in [0.29, 0.717) is 23.7 Å². The van der Waals surface area contributed by atoms with Crippen molar-refractivity contribution >= 4 is 18.1 Å². The molecule has 4 rings (SSSR count). The van der Waals surface area contributed by atoms with Crippen molar-refractivity contribution in [3.05, 3.63) is 64.4 Å². The van der Waals surface area contributed by atoms with Crippen molar-refractivity contribution in [1.82, 2.24) is 19.7 Å². The Kier molecular flexibility index (Phi) is 5.99. The summed E-state index contributed by atoms with van der Waals surface area (Å²) in [6.07, 6.45) is 2.28. The van der Waals surface area contributed by atoms with Crippen LogP contribution >= 0.6 is 12.2 Å². The number of aryl methyl sites for hydroxylation is 1. The number of phenolic OH excluding ortho intramolecular Hbond substituents is 1. The van der Waals surface area contributed by atoms with Crippen molar-refractivity contribution in [3.8, 4) is 17.1 Å². The monoisotopic (exact) mass is 422 g/mol. The molecule has 1 saturated heterocycles. The molecule has 1 aliphatic rings. The van der Waals surface area contributed by atoms with E-state index in [9.17, 15) is 9.90 Å². The molecule has 2 heterocycles. The number of benzene rings is 2. The molecule has 0 aliphatic carbocycles. The van der Waals surface area contributed by atoms with E-state index >= 15 is 0 Å². The first-order valence-corrected chi connectivity index (χ1v) is 10.7. The average Bonchev–Trinajstić information content (AvgIpc) is 3.13. The van der Waals surface area contributed by atoms with E-state index in [2.05, 4.69) is 16.3 Å². The van der Waals surface area contributed by atoms with Crippen LogP contribution in [-0.2, 0) is 11.3 Å². The zero-order chi connectivity index (χ0) is 21.1. The van der Waals surface area contributed by atoms with Gasteiger partial charge in [-0.2, -0.15) is 5.10 Å². The number of hydrogen-bond donors (Lipinski definition) is 2. The molecule has 3 aromatic rings. The molecular formula is C23H26N4O2S. The summed E-state index contributed by atoms with van der Waals surface area (Å²) in [5.74, 6) is 1.64. The standard InChI is InChI=1S/C23H26N4O2S/c1-16-3-2-4-19(15-16)22-24-25-23(30)27(22)14-11-21(29)26-12-9-18(10-13-26)17-5-7-20(28)8-6-17/h2-8,15,18,28H,9-14H2,1H3,(H,25,30). The number of likely N-dealkylation sites (tertiary alicyclic amines) is 1. The summed E-state index contributed by atoms with van der Waals surface area (Å²) in [6.45, 7) is 4.06. The zero-order valence-corrected chi connectivity index (χ0v) is 17.9. The second-order valence-corrected chi connectivity index (χ2v) is 8.26. The van der Waals surface area contributed by atoms with E-state index in [1.165, 1.54) is 5.56 Å². The summed E-state index contributed by atoms with van der Waals surface area (Å²) in [7, 11) is 0. The van der Waals surface area contributed by atoms with Gasteiger partial charge < -0.3 is 10.0 Å². The van der Waals surface area contributed by atoms with E-state index in [-0.39, 0.29) is 11.7 Å². The molecule has 1 aliphatic heterocycles. The van der Waals surface area contributed by atoms with Crippen LogP contribution in [0.1, 0.15) is 36.3 Å². The molecule has 0 saturated carbocycles. The van der Waals surface area contributed by atoms with Crippen molar-refractivity contribution in [1.29, 1.82) is 0 Å². The van der Waals surface area contributed by atoms with Crippen LogP contribution < -0.4 is 0 Å². The summed E-state index contributed by atoms with van der Waals surface area (Å²) < 4.78 is 2.44. The van der Waals surface area contributed by atoms with Gasteiger partial charge in [-0.1, -0.05) is 35.9 Å². The second kappa shape index (κ2) is 8.83. The Bertz CT molecular complexity index is 1080. The summed E-state index contributed by atoms with van der Waals surface area (Å²) in [5, 5.41) is 16.7. The summed E-state index contributed by atoms with van der Waals surface area (Å²) in [6, 6.07) is 15.5. The number of amides is 1. The van der Waals surface area contributed by atoms with Crippen molar-refractivity contribution < 1.29 is 9.90 Å². The Labute approximate surface area is 181 Å². The fourth-order valence-corrected chi connectivity index (χ4v) is 4.33. The van der Waals surface area contributed by atoms with Crippen LogP contribution in [0.2, 0.25) is 0 Å². The number of aromatic nitrogens is 3. The van der Waals surface area contributed by atoms with Crippen LogP contribution in [0.3, 0.4) is 0 Å². The van der Waals surface area contributed by atoms with Gasteiger partial charge in [-0.25, -0.2) is 0 Å². The van der Waals surface area contributed by atoms with Crippen molar-refractivity contribution in [2.45, 2.75) is 38.6 Å². The van der Waals surface area contributed by atoms with Crippen LogP contribution in [0.15, 0.2) is 48.5 Å². The van der Waals surface area contributed by atoms with E-state index < -0.39 is 0 Å². The normalized spacial score (nSPS) is 14.8. The van der Waals surface area contributed by atoms with Crippen LogP contribution in [-0.4, -0.2) is 43.8 Å². The first kappa shape index (κ1) is 20.3. The van der Waals surface area contributed by atoms with Crippen LogP contribution in [0, 0.1) is 11.7 Å². The van der Waals surface area contributed by atoms with Crippen molar-refractivity contribution in [2.24, 2.45) is 0 Å². The maximum atomic E-state index is 12.8. The minimum absolute atomic E-state index is 0.150. The average molecular weight is 423 g/mol. The first-order chi connectivity index (χ1) is 14.5. The summed E-state index contributed by atoms with van der Waals surface area (Å²) >= 11 is 5.40. The third-order valence-electron chi connectivity index (χ3n) is 5.80. The number of aromatic hydroxyl groups is 1.